The molecule has 0 aliphatic heterocycles. The number of aliphatic hydroxyl groups is 1. The van der Waals surface area contributed by atoms with Crippen LogP contribution < -0.4 is 5.32 Å². The third-order valence-corrected chi connectivity index (χ3v) is 11.4. The summed E-state index contributed by atoms with van der Waals surface area (Å²) in [5, 5.41) is 12.7. The first-order valence-corrected chi connectivity index (χ1v) is 25.2. The fourth-order valence-electron chi connectivity index (χ4n) is 6.85. The van der Waals surface area contributed by atoms with Crippen molar-refractivity contribution in [2.24, 2.45) is 0 Å². The van der Waals surface area contributed by atoms with E-state index < -0.39 is 26.5 Å². The first-order chi connectivity index (χ1) is 27.3. The fraction of sp³-hybridized carbons (Fsp3) is 0.913. The summed E-state index contributed by atoms with van der Waals surface area (Å²) in [6.45, 7) is 3.58. The van der Waals surface area contributed by atoms with Gasteiger partial charge in [-0.25, -0.2) is 4.57 Å². The lowest BCUT2D eigenvalue weighted by molar-refractivity contribution is -0.147. The number of phosphoric ester groups is 1. The van der Waals surface area contributed by atoms with Crippen LogP contribution in [0.2, 0.25) is 0 Å². The molecule has 0 aromatic carbocycles. The lowest BCUT2D eigenvalue weighted by Crippen LogP contribution is -2.27. The fourth-order valence-corrected chi connectivity index (χ4v) is 7.60. The molecule has 0 aliphatic rings. The van der Waals surface area contributed by atoms with Gasteiger partial charge in [-0.3, -0.25) is 18.6 Å². The number of nitrogens with one attached hydrogen (secondary N) is 1. The van der Waals surface area contributed by atoms with E-state index >= 15 is 0 Å². The van der Waals surface area contributed by atoms with Crippen LogP contribution in [0.3, 0.4) is 0 Å². The van der Waals surface area contributed by atoms with Gasteiger partial charge in [0.1, 0.15) is 12.7 Å². The number of rotatable bonds is 45. The molecule has 1 amide bonds. The number of allylic oxidation sites excluding steroid dienone is 2. The molecule has 2 atom stereocenters. The number of hydrogen-bond donors (Lipinski definition) is 3. The SMILES string of the molecule is CCCCCCCCC/C=C\CCCCCCCC(=O)OCC(O)COP(=O)(O)OCCNC(=O)CCCCCCCCCCCCCCCCCCCCC. The molecule has 0 bridgehead atoms. The van der Waals surface area contributed by atoms with E-state index in [0.717, 1.165) is 57.8 Å². The van der Waals surface area contributed by atoms with Crippen molar-refractivity contribution in [3.63, 3.8) is 0 Å². The summed E-state index contributed by atoms with van der Waals surface area (Å²) in [6, 6.07) is 0. The van der Waals surface area contributed by atoms with Crippen LogP contribution in [0.25, 0.3) is 0 Å². The van der Waals surface area contributed by atoms with Gasteiger partial charge in [0.05, 0.1) is 13.2 Å². The Balaban J connectivity index is 3.55. The van der Waals surface area contributed by atoms with E-state index in [2.05, 4.69) is 31.3 Å². The number of amides is 1. The summed E-state index contributed by atoms with van der Waals surface area (Å²) in [7, 11) is -4.41. The zero-order valence-electron chi connectivity index (χ0n) is 36.6. The van der Waals surface area contributed by atoms with Gasteiger partial charge in [0, 0.05) is 19.4 Å². The molecule has 0 radical (unpaired) electrons. The Morgan fingerprint density at radius 1 is 0.536 bits per heavy atom. The Morgan fingerprint density at radius 3 is 1.34 bits per heavy atom. The second-order valence-electron chi connectivity index (χ2n) is 16.1. The molecule has 0 aromatic rings. The maximum atomic E-state index is 12.1. The van der Waals surface area contributed by atoms with Crippen LogP contribution in [0, 0.1) is 0 Å². The molecule has 3 N–H and O–H groups in total. The van der Waals surface area contributed by atoms with Crippen LogP contribution in [0.1, 0.15) is 239 Å². The van der Waals surface area contributed by atoms with Crippen molar-refractivity contribution in [3.8, 4) is 0 Å². The number of aliphatic hydroxyl groups excluding tert-OH is 1. The van der Waals surface area contributed by atoms with Crippen molar-refractivity contribution in [1.29, 1.82) is 0 Å². The minimum Gasteiger partial charge on any atom is -0.463 e. The number of hydrogen-bond acceptors (Lipinski definition) is 7. The Labute approximate surface area is 345 Å². The third kappa shape index (κ3) is 43.9. The second-order valence-corrected chi connectivity index (χ2v) is 17.5. The summed E-state index contributed by atoms with van der Waals surface area (Å²) in [5.74, 6) is -0.514. The van der Waals surface area contributed by atoms with E-state index in [1.54, 1.807) is 0 Å². The number of esters is 1. The molecule has 0 spiro atoms. The first-order valence-electron chi connectivity index (χ1n) is 23.7. The van der Waals surface area contributed by atoms with Crippen molar-refractivity contribution >= 4 is 19.7 Å². The van der Waals surface area contributed by atoms with Crippen molar-refractivity contribution in [2.45, 2.75) is 245 Å². The Hall–Kier alpha value is -1.25. The van der Waals surface area contributed by atoms with E-state index in [4.69, 9.17) is 13.8 Å². The van der Waals surface area contributed by atoms with Gasteiger partial charge in [0.2, 0.25) is 5.91 Å². The Kier molecular flexibility index (Phi) is 42.4. The molecule has 10 heteroatoms. The molecule has 2 unspecified atom stereocenters. The van der Waals surface area contributed by atoms with E-state index in [1.165, 1.54) is 154 Å². The van der Waals surface area contributed by atoms with Crippen LogP contribution in [0.15, 0.2) is 12.2 Å². The van der Waals surface area contributed by atoms with Crippen LogP contribution >= 0.6 is 7.82 Å². The minimum atomic E-state index is -4.41. The van der Waals surface area contributed by atoms with Crippen LogP contribution in [0.5, 0.6) is 0 Å². The highest BCUT2D eigenvalue weighted by atomic mass is 31.2. The standard InChI is InChI=1S/C46H90NO8P/c1-3-5-7-9-11-13-15-17-19-21-22-23-24-26-28-30-32-34-36-38-45(49)47-40-41-54-56(51,52)55-43-44(48)42-53-46(50)39-37-35-33-31-29-27-25-20-18-16-14-12-10-8-6-4-2/h20,25,44,48H,3-19,21-24,26-43H2,1-2H3,(H,47,49)(H,51,52)/b25-20-. The zero-order valence-corrected chi connectivity index (χ0v) is 37.5. The quantitative estimate of drug-likeness (QED) is 0.0240. The molecule has 0 saturated heterocycles. The van der Waals surface area contributed by atoms with Crippen LogP contribution in [0.4, 0.5) is 0 Å². The van der Waals surface area contributed by atoms with Gasteiger partial charge in [0.25, 0.3) is 0 Å². The van der Waals surface area contributed by atoms with Gasteiger partial charge < -0.3 is 20.1 Å². The molecule has 9 nitrogen and oxygen atoms in total. The molecule has 0 saturated carbocycles. The molecule has 332 valence electrons. The number of ether oxygens (including phenoxy) is 1. The smallest absolute Gasteiger partial charge is 0.463 e. The molecule has 0 aromatic heterocycles. The molecular formula is C46H90NO8P. The molecule has 56 heavy (non-hydrogen) atoms. The monoisotopic (exact) mass is 816 g/mol. The number of carbonyl (C=O) groups is 2. The number of carbonyl (C=O) groups excluding carboxylic acids is 2. The Morgan fingerprint density at radius 2 is 0.911 bits per heavy atom. The third-order valence-electron chi connectivity index (χ3n) is 10.4. The molecular weight excluding hydrogens is 725 g/mol. The summed E-state index contributed by atoms with van der Waals surface area (Å²) in [4.78, 5) is 34.0. The topological polar surface area (TPSA) is 131 Å². The van der Waals surface area contributed by atoms with E-state index in [0.29, 0.717) is 6.42 Å². The first kappa shape index (κ1) is 54.8. The van der Waals surface area contributed by atoms with Gasteiger partial charge in [0.15, 0.2) is 0 Å². The minimum absolute atomic E-state index is 0.0858. The predicted molar refractivity (Wildman–Crippen MR) is 234 cm³/mol. The molecule has 0 heterocycles. The normalized spacial score (nSPS) is 13.3. The summed E-state index contributed by atoms with van der Waals surface area (Å²) in [5.41, 5.74) is 0. The van der Waals surface area contributed by atoms with Gasteiger partial charge in [-0.2, -0.15) is 0 Å². The van der Waals surface area contributed by atoms with Crippen LogP contribution in [-0.2, 0) is 27.9 Å². The number of unbranched alkanes of at least 4 members (excludes halogenated alkanes) is 30. The lowest BCUT2D eigenvalue weighted by atomic mass is 10.0. The molecule has 0 aliphatic carbocycles. The maximum Gasteiger partial charge on any atom is 0.472 e. The maximum absolute atomic E-state index is 12.1. The van der Waals surface area contributed by atoms with Gasteiger partial charge in [-0.05, 0) is 38.5 Å². The van der Waals surface area contributed by atoms with Gasteiger partial charge in [-0.1, -0.05) is 199 Å². The van der Waals surface area contributed by atoms with Crippen molar-refractivity contribution in [2.75, 3.05) is 26.4 Å². The van der Waals surface area contributed by atoms with Crippen molar-refractivity contribution in [1.82, 2.24) is 5.32 Å². The Bertz CT molecular complexity index is 933. The van der Waals surface area contributed by atoms with E-state index in [9.17, 15) is 24.2 Å². The van der Waals surface area contributed by atoms with E-state index in [-0.39, 0.29) is 32.1 Å². The van der Waals surface area contributed by atoms with Gasteiger partial charge in [-0.15, -0.1) is 0 Å². The van der Waals surface area contributed by atoms with Crippen molar-refractivity contribution < 1.29 is 37.9 Å². The highest BCUT2D eigenvalue weighted by Gasteiger charge is 2.23. The van der Waals surface area contributed by atoms with Crippen LogP contribution in [-0.4, -0.2) is 54.3 Å². The second kappa shape index (κ2) is 43.3. The zero-order chi connectivity index (χ0) is 41.1. The summed E-state index contributed by atoms with van der Waals surface area (Å²) < 4.78 is 26.9. The molecule has 0 fully saturated rings. The predicted octanol–water partition coefficient (Wildman–Crippen LogP) is 13.4. The van der Waals surface area contributed by atoms with Gasteiger partial charge >= 0.3 is 13.8 Å². The number of phosphoric acid groups is 1. The average molecular weight is 816 g/mol. The summed E-state index contributed by atoms with van der Waals surface area (Å²) >= 11 is 0. The lowest BCUT2D eigenvalue weighted by Gasteiger charge is -2.15. The molecule has 0 rings (SSSR count). The average Bonchev–Trinajstić information content (AvgIpc) is 3.18. The van der Waals surface area contributed by atoms with Crippen molar-refractivity contribution in [3.05, 3.63) is 12.2 Å². The highest BCUT2D eigenvalue weighted by molar-refractivity contribution is 7.47. The largest absolute Gasteiger partial charge is 0.472 e. The highest BCUT2D eigenvalue weighted by Crippen LogP contribution is 2.42. The van der Waals surface area contributed by atoms with E-state index in [1.807, 2.05) is 0 Å². The summed E-state index contributed by atoms with van der Waals surface area (Å²) in [6.07, 6.45) is 45.7.